The third-order valence-corrected chi connectivity index (χ3v) is 3.06. The number of amides is 1. The number of anilines is 2. The summed E-state index contributed by atoms with van der Waals surface area (Å²) < 4.78 is 0. The molecule has 1 rings (SSSR count). The second-order valence-corrected chi connectivity index (χ2v) is 5.38. The van der Waals surface area contributed by atoms with Crippen LogP contribution in [0.2, 0.25) is 0 Å². The van der Waals surface area contributed by atoms with Crippen molar-refractivity contribution in [3.05, 3.63) is 23.8 Å². The maximum Gasteiger partial charge on any atom is 0.253 e. The van der Waals surface area contributed by atoms with E-state index in [1.165, 1.54) is 0 Å². The minimum Gasteiger partial charge on any atom is -0.399 e. The number of rotatable bonds is 6. The Kier molecular flexibility index (Phi) is 5.18. The van der Waals surface area contributed by atoms with E-state index in [0.717, 1.165) is 0 Å². The predicted octanol–water partition coefficient (Wildman–Crippen LogP) is 1.45. The molecule has 0 aliphatic heterocycles. The highest BCUT2D eigenvalue weighted by molar-refractivity contribution is 6.00. The number of hydrogen-bond donors (Lipinski definition) is 4. The quantitative estimate of drug-likeness (QED) is 0.586. The largest absolute Gasteiger partial charge is 0.399 e. The van der Waals surface area contributed by atoms with Crippen LogP contribution < -0.4 is 16.4 Å². The highest BCUT2D eigenvalue weighted by Gasteiger charge is 2.18. The van der Waals surface area contributed by atoms with E-state index >= 15 is 0 Å². The molecule has 0 aliphatic rings. The molecule has 0 saturated heterocycles. The lowest BCUT2D eigenvalue weighted by molar-refractivity contribution is 0.0963. The van der Waals surface area contributed by atoms with Crippen molar-refractivity contribution in [2.45, 2.75) is 20.3 Å². The molecule has 0 saturated carbocycles. The molecule has 0 aromatic heterocycles. The number of nitrogens with one attached hydrogen (secondary N) is 2. The van der Waals surface area contributed by atoms with Gasteiger partial charge in [0.25, 0.3) is 5.91 Å². The van der Waals surface area contributed by atoms with Crippen LogP contribution in [0.25, 0.3) is 0 Å². The molecule has 1 amide bonds. The van der Waals surface area contributed by atoms with Crippen LogP contribution >= 0.6 is 0 Å². The number of benzene rings is 1. The summed E-state index contributed by atoms with van der Waals surface area (Å²) in [7, 11) is 1.60. The van der Waals surface area contributed by atoms with Crippen LogP contribution in [-0.2, 0) is 0 Å². The Balaban J connectivity index is 2.87. The van der Waals surface area contributed by atoms with E-state index in [4.69, 9.17) is 10.8 Å². The van der Waals surface area contributed by atoms with Crippen LogP contribution in [0.5, 0.6) is 0 Å². The topological polar surface area (TPSA) is 87.4 Å². The van der Waals surface area contributed by atoms with Gasteiger partial charge in [-0.1, -0.05) is 13.8 Å². The predicted molar refractivity (Wildman–Crippen MR) is 78.2 cm³/mol. The van der Waals surface area contributed by atoms with Gasteiger partial charge in [0.05, 0.1) is 5.56 Å². The summed E-state index contributed by atoms with van der Waals surface area (Å²) >= 11 is 0. The summed E-state index contributed by atoms with van der Waals surface area (Å²) in [5.41, 5.74) is 7.59. The molecule has 0 radical (unpaired) electrons. The summed E-state index contributed by atoms with van der Waals surface area (Å²) in [6.07, 6.45) is 0.692. The van der Waals surface area contributed by atoms with Crippen molar-refractivity contribution in [3.63, 3.8) is 0 Å². The van der Waals surface area contributed by atoms with Gasteiger partial charge in [-0.2, -0.15) is 0 Å². The van der Waals surface area contributed by atoms with E-state index < -0.39 is 0 Å². The highest BCUT2D eigenvalue weighted by Crippen LogP contribution is 2.24. The highest BCUT2D eigenvalue weighted by atomic mass is 16.3. The van der Waals surface area contributed by atoms with Gasteiger partial charge in [-0.15, -0.1) is 0 Å². The molecule has 0 fully saturated rings. The van der Waals surface area contributed by atoms with Gasteiger partial charge in [-0.25, -0.2) is 0 Å². The van der Waals surface area contributed by atoms with Crippen LogP contribution in [0.15, 0.2) is 18.2 Å². The van der Waals surface area contributed by atoms with Crippen LogP contribution in [-0.4, -0.2) is 31.2 Å². The molecule has 1 aromatic rings. The number of carbonyl (C=O) groups is 1. The van der Waals surface area contributed by atoms with Crippen LogP contribution in [0.4, 0.5) is 11.4 Å². The second-order valence-electron chi connectivity index (χ2n) is 5.38. The molecule has 0 bridgehead atoms. The summed E-state index contributed by atoms with van der Waals surface area (Å²) in [6.45, 7) is 4.92. The fourth-order valence-electron chi connectivity index (χ4n) is 1.77. The van der Waals surface area contributed by atoms with Crippen molar-refractivity contribution in [1.29, 1.82) is 0 Å². The molecule has 0 spiro atoms. The van der Waals surface area contributed by atoms with Crippen molar-refractivity contribution < 1.29 is 9.90 Å². The molecule has 19 heavy (non-hydrogen) atoms. The third kappa shape index (κ3) is 4.44. The van der Waals surface area contributed by atoms with E-state index in [1.807, 2.05) is 0 Å². The zero-order valence-corrected chi connectivity index (χ0v) is 11.8. The summed E-state index contributed by atoms with van der Waals surface area (Å²) in [5.74, 6) is -0.150. The lowest BCUT2D eigenvalue weighted by Gasteiger charge is -2.25. The summed E-state index contributed by atoms with van der Waals surface area (Å²) in [4.78, 5) is 11.8. The molecule has 106 valence electrons. The first-order valence-corrected chi connectivity index (χ1v) is 6.36. The van der Waals surface area contributed by atoms with Crippen molar-refractivity contribution >= 4 is 17.3 Å². The molecule has 1 aromatic carbocycles. The fraction of sp³-hybridized carbons (Fsp3) is 0.500. The Morgan fingerprint density at radius 2 is 2.11 bits per heavy atom. The molecule has 0 atom stereocenters. The van der Waals surface area contributed by atoms with Crippen molar-refractivity contribution in [1.82, 2.24) is 5.32 Å². The van der Waals surface area contributed by atoms with E-state index in [2.05, 4.69) is 24.5 Å². The molecule has 5 nitrogen and oxygen atoms in total. The Hall–Kier alpha value is -1.75. The summed E-state index contributed by atoms with van der Waals surface area (Å²) in [5, 5.41) is 14.9. The number of carbonyl (C=O) groups excluding carboxylic acids is 1. The van der Waals surface area contributed by atoms with Gasteiger partial charge in [0, 0.05) is 31.6 Å². The third-order valence-electron chi connectivity index (χ3n) is 3.06. The van der Waals surface area contributed by atoms with Crippen LogP contribution in [0.3, 0.4) is 0 Å². The van der Waals surface area contributed by atoms with Gasteiger partial charge >= 0.3 is 0 Å². The van der Waals surface area contributed by atoms with E-state index in [0.29, 0.717) is 29.9 Å². The van der Waals surface area contributed by atoms with Gasteiger partial charge in [-0.3, -0.25) is 4.79 Å². The maximum absolute atomic E-state index is 11.8. The van der Waals surface area contributed by atoms with E-state index in [9.17, 15) is 4.79 Å². The summed E-state index contributed by atoms with van der Waals surface area (Å²) in [6, 6.07) is 5.16. The molecular formula is C14H23N3O2. The average Bonchev–Trinajstić information content (AvgIpc) is 2.35. The van der Waals surface area contributed by atoms with Gasteiger partial charge in [0.15, 0.2) is 0 Å². The Bertz CT molecular complexity index is 444. The fourth-order valence-corrected chi connectivity index (χ4v) is 1.77. The standard InChI is InChI=1S/C14H23N3O2/c1-14(2,6-7-18)9-17-12-8-10(15)4-5-11(12)13(19)16-3/h4-5,8,17-18H,6-7,9,15H2,1-3H3,(H,16,19). The monoisotopic (exact) mass is 265 g/mol. The number of nitrogens with two attached hydrogens (primary N) is 1. The first-order chi connectivity index (χ1) is 8.89. The lowest BCUT2D eigenvalue weighted by Crippen LogP contribution is -2.26. The van der Waals surface area contributed by atoms with Gasteiger partial charge in [0.1, 0.15) is 0 Å². The van der Waals surface area contributed by atoms with E-state index in [-0.39, 0.29) is 17.9 Å². The lowest BCUT2D eigenvalue weighted by atomic mass is 9.89. The van der Waals surface area contributed by atoms with Crippen molar-refractivity contribution in [3.8, 4) is 0 Å². The Labute approximate surface area is 114 Å². The SMILES string of the molecule is CNC(=O)c1ccc(N)cc1NCC(C)(C)CCO. The molecular weight excluding hydrogens is 242 g/mol. The Morgan fingerprint density at radius 1 is 1.42 bits per heavy atom. The van der Waals surface area contributed by atoms with Gasteiger partial charge in [-0.05, 0) is 30.0 Å². The minimum atomic E-state index is -0.150. The first kappa shape index (κ1) is 15.3. The zero-order valence-electron chi connectivity index (χ0n) is 11.8. The number of nitrogen functional groups attached to an aromatic ring is 1. The van der Waals surface area contributed by atoms with Gasteiger partial charge in [0.2, 0.25) is 0 Å². The number of aliphatic hydroxyl groups excluding tert-OH is 1. The minimum absolute atomic E-state index is 0.0562. The van der Waals surface area contributed by atoms with E-state index in [1.54, 1.807) is 25.2 Å². The number of aliphatic hydroxyl groups is 1. The van der Waals surface area contributed by atoms with Gasteiger partial charge < -0.3 is 21.5 Å². The number of hydrogen-bond acceptors (Lipinski definition) is 4. The van der Waals surface area contributed by atoms with Crippen LogP contribution in [0.1, 0.15) is 30.6 Å². The van der Waals surface area contributed by atoms with Crippen molar-refractivity contribution in [2.24, 2.45) is 5.41 Å². The first-order valence-electron chi connectivity index (χ1n) is 6.36. The second kappa shape index (κ2) is 6.43. The molecule has 5 N–H and O–H groups in total. The molecule has 5 heteroatoms. The Morgan fingerprint density at radius 3 is 2.68 bits per heavy atom. The maximum atomic E-state index is 11.8. The van der Waals surface area contributed by atoms with Crippen LogP contribution in [0, 0.1) is 5.41 Å². The molecule has 0 heterocycles. The molecule has 0 unspecified atom stereocenters. The zero-order chi connectivity index (χ0) is 14.5. The smallest absolute Gasteiger partial charge is 0.253 e. The normalized spacial score (nSPS) is 11.2. The average molecular weight is 265 g/mol. The molecule has 0 aliphatic carbocycles. The van der Waals surface area contributed by atoms with Crippen molar-refractivity contribution in [2.75, 3.05) is 31.2 Å².